The third-order valence-electron chi connectivity index (χ3n) is 5.17. The smallest absolute Gasteiger partial charge is 0.227 e. The van der Waals surface area contributed by atoms with Gasteiger partial charge in [0.2, 0.25) is 5.91 Å². The summed E-state index contributed by atoms with van der Waals surface area (Å²) >= 11 is 0. The molecule has 1 heterocycles. The summed E-state index contributed by atoms with van der Waals surface area (Å²) in [6, 6.07) is 13.4. The number of fused-ring (bicyclic) bond motifs is 1. The van der Waals surface area contributed by atoms with Crippen molar-refractivity contribution in [1.82, 2.24) is 0 Å². The first-order chi connectivity index (χ1) is 13.2. The van der Waals surface area contributed by atoms with Crippen molar-refractivity contribution in [1.29, 1.82) is 0 Å². The number of nitrogens with zero attached hydrogens (tertiary/aromatic N) is 1. The maximum Gasteiger partial charge on any atom is 0.227 e. The van der Waals surface area contributed by atoms with E-state index in [-0.39, 0.29) is 17.4 Å². The molecule has 0 aromatic heterocycles. The molecular weight excluding hydrogens is 370 g/mol. The largest absolute Gasteiger partial charge is 0.312 e. The van der Waals surface area contributed by atoms with E-state index >= 15 is 0 Å². The highest BCUT2D eigenvalue weighted by atomic mass is 32.2. The zero-order valence-electron chi connectivity index (χ0n) is 16.9. The summed E-state index contributed by atoms with van der Waals surface area (Å²) in [5.41, 5.74) is 4.74. The van der Waals surface area contributed by atoms with Crippen molar-refractivity contribution >= 4 is 21.4 Å². The normalized spacial score (nSPS) is 14.4. The summed E-state index contributed by atoms with van der Waals surface area (Å²) in [6.45, 7) is 7.00. The summed E-state index contributed by atoms with van der Waals surface area (Å²) < 4.78 is 25.3. The van der Waals surface area contributed by atoms with Gasteiger partial charge in [-0.15, -0.1) is 0 Å². The predicted molar refractivity (Wildman–Crippen MR) is 114 cm³/mol. The molecule has 150 valence electrons. The Morgan fingerprint density at radius 2 is 1.61 bits per heavy atom. The lowest BCUT2D eigenvalue weighted by Crippen LogP contribution is -2.36. The number of aryl methyl sites for hydroxylation is 2. The van der Waals surface area contributed by atoms with E-state index < -0.39 is 9.84 Å². The van der Waals surface area contributed by atoms with Crippen LogP contribution in [0.2, 0.25) is 0 Å². The monoisotopic (exact) mass is 399 g/mol. The number of hydrogen-bond acceptors (Lipinski definition) is 3. The molecule has 5 heteroatoms. The number of anilines is 1. The molecule has 0 saturated heterocycles. The van der Waals surface area contributed by atoms with Crippen molar-refractivity contribution in [3.8, 4) is 0 Å². The molecule has 0 unspecified atom stereocenters. The first kappa shape index (κ1) is 20.6. The van der Waals surface area contributed by atoms with Crippen molar-refractivity contribution in [2.24, 2.45) is 5.92 Å². The summed E-state index contributed by atoms with van der Waals surface area (Å²) in [5.74, 6) is 0.759. The molecule has 0 bridgehead atoms. The molecule has 3 rings (SSSR count). The van der Waals surface area contributed by atoms with E-state index in [9.17, 15) is 13.2 Å². The van der Waals surface area contributed by atoms with E-state index in [1.165, 1.54) is 0 Å². The summed E-state index contributed by atoms with van der Waals surface area (Å²) in [6.07, 6.45) is 2.13. The third-order valence-corrected chi connectivity index (χ3v) is 6.71. The second-order valence-corrected chi connectivity index (χ2v) is 10.3. The Bertz CT molecular complexity index is 946. The van der Waals surface area contributed by atoms with Gasteiger partial charge in [-0.2, -0.15) is 0 Å². The van der Waals surface area contributed by atoms with Crippen LogP contribution in [0.25, 0.3) is 0 Å². The number of rotatable bonds is 7. The molecule has 0 aliphatic carbocycles. The van der Waals surface area contributed by atoms with Crippen molar-refractivity contribution in [2.75, 3.05) is 11.4 Å². The van der Waals surface area contributed by atoms with Crippen LogP contribution in [0.4, 0.5) is 5.69 Å². The van der Waals surface area contributed by atoms with Gasteiger partial charge in [-0.3, -0.25) is 4.79 Å². The van der Waals surface area contributed by atoms with Gasteiger partial charge < -0.3 is 4.90 Å². The van der Waals surface area contributed by atoms with Crippen molar-refractivity contribution in [2.45, 2.75) is 51.5 Å². The zero-order valence-corrected chi connectivity index (χ0v) is 17.8. The summed E-state index contributed by atoms with van der Waals surface area (Å²) in [4.78, 5) is 14.2. The molecule has 1 aliphatic heterocycles. The minimum absolute atomic E-state index is 0.0219. The predicted octanol–water partition coefficient (Wildman–Crippen LogP) is 4.44. The van der Waals surface area contributed by atoms with E-state index in [0.29, 0.717) is 25.3 Å². The number of hydrogen-bond donors (Lipinski definition) is 0. The summed E-state index contributed by atoms with van der Waals surface area (Å²) in [7, 11) is -3.25. The van der Waals surface area contributed by atoms with E-state index in [1.54, 1.807) is 0 Å². The SMILES string of the molecule is Cc1ccc(CS(=O)(=O)Cc2ccc3c(c2)CCC(=O)N3CCC(C)C)cc1. The lowest BCUT2D eigenvalue weighted by Gasteiger charge is -2.30. The molecule has 2 aromatic rings. The van der Waals surface area contributed by atoms with Gasteiger partial charge in [0, 0.05) is 18.7 Å². The van der Waals surface area contributed by atoms with Crippen LogP contribution in [0.1, 0.15) is 48.9 Å². The first-order valence-corrected chi connectivity index (χ1v) is 11.7. The average Bonchev–Trinajstić information content (AvgIpc) is 2.62. The van der Waals surface area contributed by atoms with Crippen LogP contribution in [-0.4, -0.2) is 20.9 Å². The molecule has 0 saturated carbocycles. The topological polar surface area (TPSA) is 54.5 Å². The van der Waals surface area contributed by atoms with Crippen molar-refractivity contribution < 1.29 is 13.2 Å². The number of benzene rings is 2. The molecule has 0 radical (unpaired) electrons. The van der Waals surface area contributed by atoms with E-state index in [2.05, 4.69) is 13.8 Å². The fourth-order valence-electron chi connectivity index (χ4n) is 3.58. The van der Waals surface area contributed by atoms with Gasteiger partial charge in [0.1, 0.15) is 0 Å². The van der Waals surface area contributed by atoms with Gasteiger partial charge in [0.15, 0.2) is 9.84 Å². The molecule has 0 spiro atoms. The van der Waals surface area contributed by atoms with Gasteiger partial charge in [-0.25, -0.2) is 8.42 Å². The van der Waals surface area contributed by atoms with E-state index in [1.807, 2.05) is 54.3 Å². The van der Waals surface area contributed by atoms with E-state index in [0.717, 1.165) is 34.4 Å². The minimum Gasteiger partial charge on any atom is -0.312 e. The van der Waals surface area contributed by atoms with Gasteiger partial charge >= 0.3 is 0 Å². The molecule has 0 fully saturated rings. The quantitative estimate of drug-likeness (QED) is 0.692. The number of carbonyl (C=O) groups is 1. The average molecular weight is 400 g/mol. The van der Waals surface area contributed by atoms with Crippen LogP contribution in [0.3, 0.4) is 0 Å². The highest BCUT2D eigenvalue weighted by molar-refractivity contribution is 7.89. The highest BCUT2D eigenvalue weighted by Gasteiger charge is 2.25. The first-order valence-electron chi connectivity index (χ1n) is 9.91. The fourth-order valence-corrected chi connectivity index (χ4v) is 5.07. The zero-order chi connectivity index (χ0) is 20.3. The van der Waals surface area contributed by atoms with Crippen LogP contribution in [0.5, 0.6) is 0 Å². The maximum atomic E-state index is 12.7. The Labute approximate surface area is 168 Å². The Kier molecular flexibility index (Phi) is 6.23. The van der Waals surface area contributed by atoms with Crippen LogP contribution in [-0.2, 0) is 32.6 Å². The third kappa shape index (κ3) is 5.22. The minimum atomic E-state index is -3.25. The van der Waals surface area contributed by atoms with E-state index in [4.69, 9.17) is 0 Å². The fraction of sp³-hybridized carbons (Fsp3) is 0.435. The molecule has 1 amide bonds. The Morgan fingerprint density at radius 1 is 0.964 bits per heavy atom. The second kappa shape index (κ2) is 8.48. The standard InChI is InChI=1S/C23H29NO3S/c1-17(2)12-13-24-22-10-8-20(14-21(22)9-11-23(24)25)16-28(26,27)15-19-6-4-18(3)5-7-19/h4-8,10,14,17H,9,11-13,15-16H2,1-3H3. The molecule has 1 aliphatic rings. The lowest BCUT2D eigenvalue weighted by atomic mass is 9.98. The highest BCUT2D eigenvalue weighted by Crippen LogP contribution is 2.30. The lowest BCUT2D eigenvalue weighted by molar-refractivity contribution is -0.118. The summed E-state index contributed by atoms with van der Waals surface area (Å²) in [5, 5.41) is 0. The Balaban J connectivity index is 1.75. The maximum absolute atomic E-state index is 12.7. The van der Waals surface area contributed by atoms with Crippen LogP contribution < -0.4 is 4.90 Å². The molecule has 28 heavy (non-hydrogen) atoms. The van der Waals surface area contributed by atoms with Gasteiger partial charge in [0.25, 0.3) is 0 Å². The molecular formula is C23H29NO3S. The van der Waals surface area contributed by atoms with Crippen LogP contribution in [0, 0.1) is 12.8 Å². The van der Waals surface area contributed by atoms with Crippen LogP contribution in [0.15, 0.2) is 42.5 Å². The number of amides is 1. The van der Waals surface area contributed by atoms with Gasteiger partial charge in [-0.05, 0) is 48.4 Å². The molecule has 2 aromatic carbocycles. The van der Waals surface area contributed by atoms with Crippen molar-refractivity contribution in [3.05, 3.63) is 64.7 Å². The Hall–Kier alpha value is -2.14. The molecule has 4 nitrogen and oxygen atoms in total. The number of sulfone groups is 1. The molecule has 0 N–H and O–H groups in total. The van der Waals surface area contributed by atoms with Crippen molar-refractivity contribution in [3.63, 3.8) is 0 Å². The van der Waals surface area contributed by atoms with Gasteiger partial charge in [-0.1, -0.05) is 55.8 Å². The Morgan fingerprint density at radius 3 is 2.29 bits per heavy atom. The molecule has 0 atom stereocenters. The second-order valence-electron chi connectivity index (χ2n) is 8.21. The van der Waals surface area contributed by atoms with Crippen LogP contribution >= 0.6 is 0 Å². The number of carbonyl (C=O) groups excluding carboxylic acids is 1. The van der Waals surface area contributed by atoms with Gasteiger partial charge in [0.05, 0.1) is 11.5 Å².